The van der Waals surface area contributed by atoms with Crippen molar-refractivity contribution in [2.24, 2.45) is 0 Å². The fourth-order valence-corrected chi connectivity index (χ4v) is 2.74. The third kappa shape index (κ3) is 5.58. The van der Waals surface area contributed by atoms with Crippen molar-refractivity contribution in [3.8, 4) is 0 Å². The van der Waals surface area contributed by atoms with Gasteiger partial charge in [-0.25, -0.2) is 0 Å². The maximum Gasteiger partial charge on any atom is 0.0800 e. The second-order valence-electron chi connectivity index (χ2n) is 4.38. The highest BCUT2D eigenvalue weighted by Crippen LogP contribution is 2.27. The zero-order chi connectivity index (χ0) is 12.7. The van der Waals surface area contributed by atoms with Gasteiger partial charge in [0, 0.05) is 8.59 Å². The Balaban J connectivity index is 2.41. The van der Waals surface area contributed by atoms with Crippen LogP contribution in [-0.4, -0.2) is 5.11 Å². The Labute approximate surface area is 123 Å². The van der Waals surface area contributed by atoms with Crippen molar-refractivity contribution in [2.45, 2.75) is 51.6 Å². The molecule has 17 heavy (non-hydrogen) atoms. The Morgan fingerprint density at radius 1 is 1.24 bits per heavy atom. The molecular formula is C14H20ClIO. The molecule has 0 saturated heterocycles. The highest BCUT2D eigenvalue weighted by atomic mass is 127. The average Bonchev–Trinajstić information content (AvgIpc) is 2.32. The van der Waals surface area contributed by atoms with Crippen molar-refractivity contribution in [1.82, 2.24) is 0 Å². The molecule has 96 valence electrons. The first-order chi connectivity index (χ1) is 8.15. The van der Waals surface area contributed by atoms with E-state index in [1.54, 1.807) is 0 Å². The number of halogens is 2. The number of hydrogen-bond acceptors (Lipinski definition) is 1. The molecule has 0 heterocycles. The number of benzene rings is 1. The number of unbranched alkanes of at least 4 members (excludes halogenated alkanes) is 4. The van der Waals surface area contributed by atoms with Crippen molar-refractivity contribution < 1.29 is 5.11 Å². The van der Waals surface area contributed by atoms with E-state index < -0.39 is 0 Å². The molecule has 0 spiro atoms. The molecule has 0 aromatic heterocycles. The summed E-state index contributed by atoms with van der Waals surface area (Å²) in [6.07, 6.45) is 6.59. The first-order valence-corrected chi connectivity index (χ1v) is 7.73. The summed E-state index contributed by atoms with van der Waals surface area (Å²) < 4.78 is 1.09. The topological polar surface area (TPSA) is 20.2 Å². The van der Waals surface area contributed by atoms with Crippen molar-refractivity contribution >= 4 is 34.2 Å². The lowest BCUT2D eigenvalue weighted by atomic mass is 10.0. The van der Waals surface area contributed by atoms with E-state index in [1.165, 1.54) is 25.7 Å². The first kappa shape index (κ1) is 15.3. The van der Waals surface area contributed by atoms with E-state index in [1.807, 2.05) is 18.2 Å². The molecule has 0 aliphatic carbocycles. The fourth-order valence-electron chi connectivity index (χ4n) is 1.87. The molecule has 1 rings (SSSR count). The van der Waals surface area contributed by atoms with E-state index in [4.69, 9.17) is 11.6 Å². The molecule has 1 aromatic rings. The lowest BCUT2D eigenvalue weighted by molar-refractivity contribution is 0.162. The van der Waals surface area contributed by atoms with Gasteiger partial charge in [0.05, 0.1) is 6.10 Å². The molecule has 0 amide bonds. The van der Waals surface area contributed by atoms with E-state index in [-0.39, 0.29) is 6.10 Å². The van der Waals surface area contributed by atoms with Gasteiger partial charge in [0.25, 0.3) is 0 Å². The van der Waals surface area contributed by atoms with E-state index in [2.05, 4.69) is 29.5 Å². The second kappa shape index (κ2) is 8.33. The normalized spacial score (nSPS) is 12.7. The van der Waals surface area contributed by atoms with Crippen LogP contribution in [0.5, 0.6) is 0 Å². The summed E-state index contributed by atoms with van der Waals surface area (Å²) in [5.41, 5.74) is 0.966. The molecule has 0 saturated carbocycles. The smallest absolute Gasteiger partial charge is 0.0800 e. The van der Waals surface area contributed by atoms with Crippen LogP contribution in [0.2, 0.25) is 5.02 Å². The van der Waals surface area contributed by atoms with E-state index >= 15 is 0 Å². The van der Waals surface area contributed by atoms with Crippen LogP contribution in [-0.2, 0) is 0 Å². The monoisotopic (exact) mass is 366 g/mol. The Morgan fingerprint density at radius 2 is 1.94 bits per heavy atom. The van der Waals surface area contributed by atoms with Crippen molar-refractivity contribution in [3.63, 3.8) is 0 Å². The summed E-state index contributed by atoms with van der Waals surface area (Å²) in [6, 6.07) is 5.69. The molecule has 0 bridgehead atoms. The van der Waals surface area contributed by atoms with Crippen LogP contribution in [0, 0.1) is 3.57 Å². The molecule has 1 nitrogen and oxygen atoms in total. The Kier molecular flexibility index (Phi) is 7.47. The molecule has 1 atom stereocenters. The van der Waals surface area contributed by atoms with Crippen LogP contribution < -0.4 is 0 Å². The van der Waals surface area contributed by atoms with Crippen LogP contribution in [0.4, 0.5) is 0 Å². The maximum absolute atomic E-state index is 10.1. The van der Waals surface area contributed by atoms with Crippen molar-refractivity contribution in [3.05, 3.63) is 32.4 Å². The van der Waals surface area contributed by atoms with Gasteiger partial charge in [-0.1, -0.05) is 50.6 Å². The van der Waals surface area contributed by atoms with Crippen LogP contribution in [0.1, 0.15) is 57.1 Å². The maximum atomic E-state index is 10.1. The summed E-state index contributed by atoms with van der Waals surface area (Å²) in [4.78, 5) is 0. The minimum Gasteiger partial charge on any atom is -0.388 e. The minimum absolute atomic E-state index is 0.373. The van der Waals surface area contributed by atoms with Crippen LogP contribution in [0.3, 0.4) is 0 Å². The predicted molar refractivity (Wildman–Crippen MR) is 82.5 cm³/mol. The quantitative estimate of drug-likeness (QED) is 0.510. The van der Waals surface area contributed by atoms with E-state index in [0.717, 1.165) is 22.0 Å². The standard InChI is InChI=1S/C14H20ClIO/c1-2-3-4-5-6-7-14(17)12-10-11(15)8-9-13(12)16/h8-10,14,17H,2-7H2,1H3. The van der Waals surface area contributed by atoms with Gasteiger partial charge in [0.15, 0.2) is 0 Å². The van der Waals surface area contributed by atoms with Gasteiger partial charge in [0.2, 0.25) is 0 Å². The summed E-state index contributed by atoms with van der Waals surface area (Å²) >= 11 is 8.20. The Hall–Kier alpha value is 0.200. The number of rotatable bonds is 7. The zero-order valence-corrected chi connectivity index (χ0v) is 13.2. The van der Waals surface area contributed by atoms with Crippen LogP contribution in [0.25, 0.3) is 0 Å². The molecule has 1 N–H and O–H groups in total. The summed E-state index contributed by atoms with van der Waals surface area (Å²) in [6.45, 7) is 2.21. The van der Waals surface area contributed by atoms with Crippen molar-refractivity contribution in [1.29, 1.82) is 0 Å². The second-order valence-corrected chi connectivity index (χ2v) is 5.98. The van der Waals surface area contributed by atoms with Gasteiger partial charge in [-0.05, 0) is 52.8 Å². The fraction of sp³-hybridized carbons (Fsp3) is 0.571. The Morgan fingerprint density at radius 3 is 2.65 bits per heavy atom. The summed E-state index contributed by atoms with van der Waals surface area (Å²) in [7, 11) is 0. The van der Waals surface area contributed by atoms with E-state index in [9.17, 15) is 5.11 Å². The van der Waals surface area contributed by atoms with Crippen LogP contribution in [0.15, 0.2) is 18.2 Å². The summed E-state index contributed by atoms with van der Waals surface area (Å²) in [5.74, 6) is 0. The summed E-state index contributed by atoms with van der Waals surface area (Å²) in [5, 5.41) is 10.8. The third-order valence-corrected chi connectivity index (χ3v) is 4.12. The molecule has 0 aliphatic heterocycles. The molecule has 3 heteroatoms. The number of aliphatic hydroxyl groups excluding tert-OH is 1. The number of hydrogen-bond donors (Lipinski definition) is 1. The first-order valence-electron chi connectivity index (χ1n) is 6.28. The van der Waals surface area contributed by atoms with Gasteiger partial charge >= 0.3 is 0 Å². The van der Waals surface area contributed by atoms with Crippen molar-refractivity contribution in [2.75, 3.05) is 0 Å². The lowest BCUT2D eigenvalue weighted by Crippen LogP contribution is -2.00. The van der Waals surface area contributed by atoms with E-state index in [0.29, 0.717) is 5.02 Å². The van der Waals surface area contributed by atoms with Gasteiger partial charge in [0.1, 0.15) is 0 Å². The molecule has 0 fully saturated rings. The molecule has 0 aliphatic rings. The van der Waals surface area contributed by atoms with Gasteiger partial charge in [-0.3, -0.25) is 0 Å². The molecular weight excluding hydrogens is 347 g/mol. The Bertz CT molecular complexity index is 341. The zero-order valence-electron chi connectivity index (χ0n) is 10.3. The minimum atomic E-state index is -0.373. The van der Waals surface area contributed by atoms with Gasteiger partial charge in [-0.15, -0.1) is 0 Å². The SMILES string of the molecule is CCCCCCCC(O)c1cc(Cl)ccc1I. The molecule has 1 aromatic carbocycles. The molecule has 1 unspecified atom stereocenters. The average molecular weight is 367 g/mol. The lowest BCUT2D eigenvalue weighted by Gasteiger charge is -2.13. The van der Waals surface area contributed by atoms with Gasteiger partial charge < -0.3 is 5.11 Å². The number of aliphatic hydroxyl groups is 1. The highest BCUT2D eigenvalue weighted by molar-refractivity contribution is 14.1. The predicted octanol–water partition coefficient (Wildman–Crippen LogP) is 5.34. The highest BCUT2D eigenvalue weighted by Gasteiger charge is 2.11. The van der Waals surface area contributed by atoms with Crippen LogP contribution >= 0.6 is 34.2 Å². The largest absolute Gasteiger partial charge is 0.388 e. The molecule has 0 radical (unpaired) electrons. The van der Waals surface area contributed by atoms with Gasteiger partial charge in [-0.2, -0.15) is 0 Å². The third-order valence-electron chi connectivity index (χ3n) is 2.90.